The summed E-state index contributed by atoms with van der Waals surface area (Å²) in [6.45, 7) is 10.0. The Morgan fingerprint density at radius 1 is 0.513 bits per heavy atom. The zero-order valence-corrected chi connectivity index (χ0v) is 26.9. The highest BCUT2D eigenvalue weighted by atomic mass is 28.2. The summed E-state index contributed by atoms with van der Waals surface area (Å²) in [5, 5.41) is 16.6. The average molecular weight is 571 g/mol. The highest BCUT2D eigenvalue weighted by Crippen LogP contribution is 2.11. The van der Waals surface area contributed by atoms with E-state index >= 15 is 0 Å². The molecule has 2 N–H and O–H groups in total. The second kappa shape index (κ2) is 40.7. The lowest BCUT2D eigenvalue weighted by atomic mass is 10.1. The minimum atomic E-state index is -0.960. The van der Waals surface area contributed by atoms with Gasteiger partial charge in [0.2, 0.25) is 0 Å². The summed E-state index contributed by atoms with van der Waals surface area (Å²) in [4.78, 5) is 20.3. The first-order valence-corrected chi connectivity index (χ1v) is 17.6. The molecule has 0 aromatic rings. The van der Waals surface area contributed by atoms with Gasteiger partial charge in [-0.3, -0.25) is 0 Å². The summed E-state index contributed by atoms with van der Waals surface area (Å²) in [6.07, 6.45) is 30.5. The summed E-state index contributed by atoms with van der Waals surface area (Å²) in [5.74, 6) is -1.92. The van der Waals surface area contributed by atoms with Gasteiger partial charge in [0.1, 0.15) is 0 Å². The number of carboxylic acids is 2. The van der Waals surface area contributed by atoms with Gasteiger partial charge >= 0.3 is 11.9 Å². The third-order valence-electron chi connectivity index (χ3n) is 5.85. The van der Waals surface area contributed by atoms with E-state index in [0.29, 0.717) is 13.2 Å². The van der Waals surface area contributed by atoms with Crippen molar-refractivity contribution < 1.29 is 29.3 Å². The van der Waals surface area contributed by atoms with E-state index in [1.54, 1.807) is 0 Å². The first-order valence-electron chi connectivity index (χ1n) is 15.6. The molecule has 0 saturated heterocycles. The summed E-state index contributed by atoms with van der Waals surface area (Å²) < 4.78 is 10.1. The molecular formula is C32H62O6Si. The molecule has 39 heavy (non-hydrogen) atoms. The number of rotatable bonds is 26. The van der Waals surface area contributed by atoms with E-state index in [1.807, 2.05) is 0 Å². The summed E-state index contributed by atoms with van der Waals surface area (Å²) in [5.41, 5.74) is 0. The van der Waals surface area contributed by atoms with Gasteiger partial charge in [-0.15, -0.1) is 0 Å². The number of hydrogen-bond donors (Lipinski definition) is 2. The topological polar surface area (TPSA) is 93.1 Å². The monoisotopic (exact) mass is 570 g/mol. The van der Waals surface area contributed by atoms with Gasteiger partial charge in [-0.25, -0.2) is 9.59 Å². The molecular weight excluding hydrogens is 508 g/mol. The Morgan fingerprint density at radius 2 is 0.744 bits per heavy atom. The molecule has 0 heterocycles. The van der Waals surface area contributed by atoms with Gasteiger partial charge in [-0.2, -0.15) is 0 Å². The van der Waals surface area contributed by atoms with Gasteiger partial charge in [0.25, 0.3) is 0 Å². The number of hydrogen-bond acceptors (Lipinski definition) is 4. The SMILES string of the molecule is CCCCCCCCCCCCOC=CC(=O)O.CCCCCCCCCCCCOC=CC(=O)O.C[Si]C. The first-order chi connectivity index (χ1) is 19.0. The van der Waals surface area contributed by atoms with Crippen molar-refractivity contribution in [1.82, 2.24) is 0 Å². The lowest BCUT2D eigenvalue weighted by molar-refractivity contribution is -0.132. The predicted molar refractivity (Wildman–Crippen MR) is 167 cm³/mol. The Bertz CT molecular complexity index is 491. The van der Waals surface area contributed by atoms with E-state index in [1.165, 1.54) is 128 Å². The van der Waals surface area contributed by atoms with Gasteiger partial charge in [-0.05, 0) is 12.8 Å². The number of carboxylic acid groups (broad SMARTS) is 2. The summed E-state index contributed by atoms with van der Waals surface area (Å²) in [7, 11) is 1.08. The second-order valence-corrected chi connectivity index (χ2v) is 10.9. The van der Waals surface area contributed by atoms with Crippen LogP contribution >= 0.6 is 0 Å². The molecule has 0 saturated carbocycles. The maximum absolute atomic E-state index is 10.1. The summed E-state index contributed by atoms with van der Waals surface area (Å²) >= 11 is 0. The predicted octanol–water partition coefficient (Wildman–Crippen LogP) is 9.83. The Hall–Kier alpha value is -1.76. The Labute approximate surface area is 243 Å². The lowest BCUT2D eigenvalue weighted by Gasteiger charge is -2.02. The van der Waals surface area contributed by atoms with Crippen LogP contribution in [0.5, 0.6) is 0 Å². The van der Waals surface area contributed by atoms with Crippen LogP contribution in [0.1, 0.15) is 142 Å². The Kier molecular flexibility index (Phi) is 43.6. The molecule has 0 fully saturated rings. The number of unbranched alkanes of at least 4 members (excludes halogenated alkanes) is 18. The molecule has 6 nitrogen and oxygen atoms in total. The number of aliphatic carboxylic acids is 2. The van der Waals surface area contributed by atoms with Crippen LogP contribution in [0.3, 0.4) is 0 Å². The van der Waals surface area contributed by atoms with Crippen molar-refractivity contribution in [2.45, 2.75) is 155 Å². The molecule has 0 spiro atoms. The van der Waals surface area contributed by atoms with Crippen LogP contribution in [0.25, 0.3) is 0 Å². The van der Waals surface area contributed by atoms with Crippen LogP contribution in [-0.4, -0.2) is 44.9 Å². The zero-order chi connectivity index (χ0) is 29.7. The van der Waals surface area contributed by atoms with E-state index in [0.717, 1.165) is 34.5 Å². The molecule has 0 unspecified atom stereocenters. The van der Waals surface area contributed by atoms with Crippen molar-refractivity contribution in [3.05, 3.63) is 24.7 Å². The molecule has 0 aromatic heterocycles. The molecule has 0 atom stereocenters. The van der Waals surface area contributed by atoms with Gasteiger partial charge in [0.15, 0.2) is 0 Å². The standard InChI is InChI=1S/2C15H28O3.C2H6Si/c2*1-2-3-4-5-6-7-8-9-10-11-13-18-14-12-15(16)17;1-3-2/h2*12,14H,2-11,13H2,1H3,(H,16,17);1-2H3. The van der Waals surface area contributed by atoms with Crippen molar-refractivity contribution in [2.24, 2.45) is 0 Å². The average Bonchev–Trinajstić information content (AvgIpc) is 2.90. The lowest BCUT2D eigenvalue weighted by Crippen LogP contribution is -1.91. The maximum Gasteiger partial charge on any atom is 0.331 e. The van der Waals surface area contributed by atoms with Gasteiger partial charge in [0.05, 0.1) is 37.9 Å². The highest BCUT2D eigenvalue weighted by molar-refractivity contribution is 6.31. The van der Waals surface area contributed by atoms with E-state index < -0.39 is 11.9 Å². The molecule has 0 aromatic carbocycles. The number of carbonyl (C=O) groups is 2. The molecule has 0 rings (SSSR count). The van der Waals surface area contributed by atoms with Gasteiger partial charge in [-0.1, -0.05) is 143 Å². The van der Waals surface area contributed by atoms with Crippen LogP contribution in [0, 0.1) is 0 Å². The third-order valence-corrected chi connectivity index (χ3v) is 5.85. The largest absolute Gasteiger partial charge is 0.501 e. The van der Waals surface area contributed by atoms with Crippen molar-refractivity contribution in [3.63, 3.8) is 0 Å². The molecule has 230 valence electrons. The van der Waals surface area contributed by atoms with Gasteiger partial charge in [0, 0.05) is 9.52 Å². The van der Waals surface area contributed by atoms with Crippen LogP contribution in [0.4, 0.5) is 0 Å². The molecule has 0 aliphatic heterocycles. The zero-order valence-electron chi connectivity index (χ0n) is 25.9. The number of ether oxygens (including phenoxy) is 2. The van der Waals surface area contributed by atoms with Gasteiger partial charge < -0.3 is 19.7 Å². The Balaban J connectivity index is -0.000000603. The smallest absolute Gasteiger partial charge is 0.331 e. The van der Waals surface area contributed by atoms with Crippen molar-refractivity contribution >= 4 is 21.5 Å². The first kappa shape index (κ1) is 41.7. The fourth-order valence-corrected chi connectivity index (χ4v) is 3.69. The van der Waals surface area contributed by atoms with Crippen molar-refractivity contribution in [1.29, 1.82) is 0 Å². The molecule has 0 aliphatic carbocycles. The molecule has 0 aliphatic rings. The molecule has 7 heteroatoms. The summed E-state index contributed by atoms with van der Waals surface area (Å²) in [6, 6.07) is 0. The van der Waals surface area contributed by atoms with E-state index in [9.17, 15) is 9.59 Å². The molecule has 0 bridgehead atoms. The minimum absolute atomic E-state index is 0.625. The van der Waals surface area contributed by atoms with Crippen LogP contribution < -0.4 is 0 Å². The quantitative estimate of drug-likeness (QED) is 0.0465. The highest BCUT2D eigenvalue weighted by Gasteiger charge is 1.94. The Morgan fingerprint density at radius 3 is 0.974 bits per heavy atom. The fourth-order valence-electron chi connectivity index (χ4n) is 3.69. The van der Waals surface area contributed by atoms with Crippen LogP contribution in [0.15, 0.2) is 24.7 Å². The fraction of sp³-hybridized carbons (Fsp3) is 0.812. The normalized spacial score (nSPS) is 10.6. The van der Waals surface area contributed by atoms with E-state index in [2.05, 4.69) is 26.9 Å². The van der Waals surface area contributed by atoms with E-state index in [4.69, 9.17) is 19.7 Å². The van der Waals surface area contributed by atoms with E-state index in [-0.39, 0.29) is 0 Å². The minimum Gasteiger partial charge on any atom is -0.501 e. The molecule has 2 radical (unpaired) electrons. The third kappa shape index (κ3) is 53.3. The maximum atomic E-state index is 10.1. The van der Waals surface area contributed by atoms with Crippen LogP contribution in [0.2, 0.25) is 13.1 Å². The van der Waals surface area contributed by atoms with Crippen molar-refractivity contribution in [3.8, 4) is 0 Å². The second-order valence-electron chi connectivity index (χ2n) is 9.89. The van der Waals surface area contributed by atoms with Crippen molar-refractivity contribution in [2.75, 3.05) is 13.2 Å². The van der Waals surface area contributed by atoms with Crippen LogP contribution in [-0.2, 0) is 19.1 Å². The molecule has 0 amide bonds.